The Morgan fingerprint density at radius 1 is 1.62 bits per heavy atom. The van der Waals surface area contributed by atoms with Gasteiger partial charge in [-0.1, -0.05) is 6.92 Å². The second kappa shape index (κ2) is 6.22. The number of carbonyl (C=O) groups is 1. The minimum absolute atomic E-state index is 0. The Labute approximate surface area is 85.8 Å². The molecular formula is C9H18ClNO2. The summed E-state index contributed by atoms with van der Waals surface area (Å²) in [6.45, 7) is 4.19. The molecule has 0 aromatic carbocycles. The fourth-order valence-corrected chi connectivity index (χ4v) is 1.78. The monoisotopic (exact) mass is 207 g/mol. The molecule has 1 atom stereocenters. The number of likely N-dealkylation sites (tertiary alicyclic amines) is 1. The van der Waals surface area contributed by atoms with Crippen molar-refractivity contribution in [3.05, 3.63) is 0 Å². The predicted octanol–water partition coefficient (Wildman–Crippen LogP) is 1.46. The van der Waals surface area contributed by atoms with Crippen LogP contribution in [0.5, 0.6) is 0 Å². The van der Waals surface area contributed by atoms with E-state index in [-0.39, 0.29) is 24.4 Å². The maximum atomic E-state index is 11.2. The van der Waals surface area contributed by atoms with Crippen molar-refractivity contribution in [2.75, 3.05) is 20.2 Å². The van der Waals surface area contributed by atoms with Gasteiger partial charge in [0.05, 0.1) is 7.11 Å². The van der Waals surface area contributed by atoms with E-state index in [1.54, 1.807) is 0 Å². The summed E-state index contributed by atoms with van der Waals surface area (Å²) >= 11 is 0. The van der Waals surface area contributed by atoms with Gasteiger partial charge in [-0.25, -0.2) is 0 Å². The van der Waals surface area contributed by atoms with Crippen LogP contribution in [0.2, 0.25) is 0 Å². The van der Waals surface area contributed by atoms with Gasteiger partial charge in [0.15, 0.2) is 0 Å². The van der Waals surface area contributed by atoms with Crippen LogP contribution < -0.4 is 0 Å². The minimum Gasteiger partial charge on any atom is -0.468 e. The molecule has 0 saturated carbocycles. The first-order chi connectivity index (χ1) is 5.79. The van der Waals surface area contributed by atoms with E-state index in [2.05, 4.69) is 11.8 Å². The molecule has 1 saturated heterocycles. The van der Waals surface area contributed by atoms with E-state index in [0.29, 0.717) is 0 Å². The zero-order valence-electron chi connectivity index (χ0n) is 8.28. The molecule has 0 aliphatic carbocycles. The van der Waals surface area contributed by atoms with Crippen molar-refractivity contribution in [2.24, 2.45) is 0 Å². The van der Waals surface area contributed by atoms with Crippen LogP contribution in [0, 0.1) is 0 Å². The highest BCUT2D eigenvalue weighted by atomic mass is 35.5. The second-order valence-corrected chi connectivity index (χ2v) is 3.22. The average molecular weight is 208 g/mol. The molecule has 1 aliphatic rings. The van der Waals surface area contributed by atoms with Crippen LogP contribution in [-0.4, -0.2) is 37.1 Å². The van der Waals surface area contributed by atoms with E-state index in [0.717, 1.165) is 32.4 Å². The van der Waals surface area contributed by atoms with E-state index in [9.17, 15) is 4.79 Å². The topological polar surface area (TPSA) is 29.5 Å². The van der Waals surface area contributed by atoms with E-state index in [1.165, 1.54) is 7.11 Å². The predicted molar refractivity (Wildman–Crippen MR) is 54.2 cm³/mol. The second-order valence-electron chi connectivity index (χ2n) is 3.22. The molecule has 0 radical (unpaired) electrons. The van der Waals surface area contributed by atoms with Crippen molar-refractivity contribution in [3.63, 3.8) is 0 Å². The van der Waals surface area contributed by atoms with Gasteiger partial charge >= 0.3 is 5.97 Å². The van der Waals surface area contributed by atoms with E-state index in [1.807, 2.05) is 0 Å². The molecule has 1 aliphatic heterocycles. The molecule has 78 valence electrons. The fraction of sp³-hybridized carbons (Fsp3) is 0.889. The number of hydrogen-bond acceptors (Lipinski definition) is 3. The molecule has 1 heterocycles. The van der Waals surface area contributed by atoms with Gasteiger partial charge in [0.1, 0.15) is 6.04 Å². The fourth-order valence-electron chi connectivity index (χ4n) is 1.78. The van der Waals surface area contributed by atoms with Crippen LogP contribution in [0.15, 0.2) is 0 Å². The molecule has 4 heteroatoms. The first-order valence-corrected chi connectivity index (χ1v) is 4.61. The highest BCUT2D eigenvalue weighted by Gasteiger charge is 2.30. The molecule has 0 amide bonds. The quantitative estimate of drug-likeness (QED) is 0.657. The number of hydrogen-bond donors (Lipinski definition) is 0. The number of esters is 1. The molecule has 0 spiro atoms. The first-order valence-electron chi connectivity index (χ1n) is 4.61. The van der Waals surface area contributed by atoms with Crippen molar-refractivity contribution in [3.8, 4) is 0 Å². The van der Waals surface area contributed by atoms with Crippen molar-refractivity contribution >= 4 is 18.4 Å². The van der Waals surface area contributed by atoms with Crippen molar-refractivity contribution in [2.45, 2.75) is 32.2 Å². The van der Waals surface area contributed by atoms with E-state index < -0.39 is 0 Å². The van der Waals surface area contributed by atoms with Gasteiger partial charge < -0.3 is 4.74 Å². The Hall–Kier alpha value is -0.280. The highest BCUT2D eigenvalue weighted by molar-refractivity contribution is 5.85. The zero-order chi connectivity index (χ0) is 8.97. The summed E-state index contributed by atoms with van der Waals surface area (Å²) in [5.74, 6) is -0.0686. The van der Waals surface area contributed by atoms with E-state index in [4.69, 9.17) is 4.74 Å². The zero-order valence-corrected chi connectivity index (χ0v) is 9.10. The number of methoxy groups -OCH3 is 1. The summed E-state index contributed by atoms with van der Waals surface area (Å²) in [6, 6.07) is 0.0370. The molecule has 0 bridgehead atoms. The largest absolute Gasteiger partial charge is 0.468 e. The number of ether oxygens (including phenoxy) is 1. The Bertz CT molecular complexity index is 164. The first kappa shape index (κ1) is 12.7. The van der Waals surface area contributed by atoms with E-state index >= 15 is 0 Å². The van der Waals surface area contributed by atoms with Crippen LogP contribution >= 0.6 is 12.4 Å². The molecule has 0 aromatic rings. The molecule has 3 nitrogen and oxygen atoms in total. The molecule has 1 fully saturated rings. The van der Waals surface area contributed by atoms with Crippen molar-refractivity contribution in [1.82, 2.24) is 4.90 Å². The maximum absolute atomic E-state index is 11.2. The molecule has 0 unspecified atom stereocenters. The molecule has 13 heavy (non-hydrogen) atoms. The SMILES string of the molecule is CCCN1CCC[C@H]1C(=O)OC.Cl. The van der Waals surface area contributed by atoms with Crippen molar-refractivity contribution < 1.29 is 9.53 Å². The molecular weight excluding hydrogens is 190 g/mol. The lowest BCUT2D eigenvalue weighted by Gasteiger charge is -2.21. The molecule has 1 rings (SSSR count). The maximum Gasteiger partial charge on any atom is 0.323 e. The number of halogens is 1. The third-order valence-corrected chi connectivity index (χ3v) is 2.35. The number of carbonyl (C=O) groups excluding carboxylic acids is 1. The summed E-state index contributed by atoms with van der Waals surface area (Å²) in [4.78, 5) is 13.4. The Balaban J connectivity index is 0.00000144. The summed E-state index contributed by atoms with van der Waals surface area (Å²) in [7, 11) is 1.46. The third-order valence-electron chi connectivity index (χ3n) is 2.35. The molecule has 0 aromatic heterocycles. The van der Waals surface area contributed by atoms with Crippen LogP contribution in [0.1, 0.15) is 26.2 Å². The van der Waals surface area contributed by atoms with Gasteiger partial charge in [0.2, 0.25) is 0 Å². The van der Waals surface area contributed by atoms with Gasteiger partial charge in [-0.3, -0.25) is 9.69 Å². The lowest BCUT2D eigenvalue weighted by atomic mass is 10.2. The average Bonchev–Trinajstić information content (AvgIpc) is 2.52. The summed E-state index contributed by atoms with van der Waals surface area (Å²) in [5.41, 5.74) is 0. The van der Waals surface area contributed by atoms with Gasteiger partial charge in [0, 0.05) is 0 Å². The summed E-state index contributed by atoms with van der Waals surface area (Å²) < 4.78 is 4.73. The normalized spacial score (nSPS) is 22.5. The number of nitrogens with zero attached hydrogens (tertiary/aromatic N) is 1. The van der Waals surface area contributed by atoms with Crippen LogP contribution in [0.3, 0.4) is 0 Å². The lowest BCUT2D eigenvalue weighted by molar-refractivity contribution is -0.145. The van der Waals surface area contributed by atoms with Crippen LogP contribution in [0.4, 0.5) is 0 Å². The standard InChI is InChI=1S/C9H17NO2.ClH/c1-3-6-10-7-4-5-8(10)9(11)12-2;/h8H,3-7H2,1-2H3;1H/t8-;/m0./s1. The van der Waals surface area contributed by atoms with Gasteiger partial charge in [-0.05, 0) is 32.4 Å². The van der Waals surface area contributed by atoms with Gasteiger partial charge in [-0.15, -0.1) is 12.4 Å². The van der Waals surface area contributed by atoms with Crippen molar-refractivity contribution in [1.29, 1.82) is 0 Å². The number of rotatable bonds is 3. The minimum atomic E-state index is -0.0686. The Morgan fingerprint density at radius 2 is 2.31 bits per heavy atom. The highest BCUT2D eigenvalue weighted by Crippen LogP contribution is 2.17. The summed E-state index contributed by atoms with van der Waals surface area (Å²) in [6.07, 6.45) is 3.19. The lowest BCUT2D eigenvalue weighted by Crippen LogP contribution is -2.37. The molecule has 0 N–H and O–H groups in total. The Morgan fingerprint density at radius 3 is 2.85 bits per heavy atom. The summed E-state index contributed by atoms with van der Waals surface area (Å²) in [5, 5.41) is 0. The van der Waals surface area contributed by atoms with Crippen LogP contribution in [0.25, 0.3) is 0 Å². The van der Waals surface area contributed by atoms with Crippen LogP contribution in [-0.2, 0) is 9.53 Å². The smallest absolute Gasteiger partial charge is 0.323 e. The van der Waals surface area contributed by atoms with Gasteiger partial charge in [0.25, 0.3) is 0 Å². The Kier molecular flexibility index (Phi) is 6.08. The van der Waals surface area contributed by atoms with Gasteiger partial charge in [-0.2, -0.15) is 0 Å². The third kappa shape index (κ3) is 3.16.